The van der Waals surface area contributed by atoms with Gasteiger partial charge in [-0.25, -0.2) is 9.36 Å². The monoisotopic (exact) mass is 411 g/mol. The number of hydrogen-bond acceptors (Lipinski definition) is 5. The van der Waals surface area contributed by atoms with Crippen LogP contribution in [0, 0.1) is 5.92 Å². The molecule has 3 aromatic rings. The van der Waals surface area contributed by atoms with Crippen LogP contribution >= 0.6 is 0 Å². The van der Waals surface area contributed by atoms with E-state index >= 15 is 0 Å². The van der Waals surface area contributed by atoms with Gasteiger partial charge in [-0.15, -0.1) is 0 Å². The van der Waals surface area contributed by atoms with Crippen LogP contribution in [0.2, 0.25) is 0 Å². The molecule has 3 rings (SSSR count). The van der Waals surface area contributed by atoms with Crippen molar-refractivity contribution in [3.8, 4) is 11.4 Å². The van der Waals surface area contributed by atoms with Crippen LogP contribution in [0.25, 0.3) is 16.6 Å². The maximum Gasteiger partial charge on any atom is 0.335 e. The van der Waals surface area contributed by atoms with Crippen LogP contribution < -0.4 is 21.3 Å². The van der Waals surface area contributed by atoms with Gasteiger partial charge >= 0.3 is 11.7 Å². The average Bonchev–Trinajstić information content (AvgIpc) is 2.73. The largest absolute Gasteiger partial charge is 0.492 e. The number of rotatable bonds is 8. The van der Waals surface area contributed by atoms with E-state index in [1.165, 1.54) is 4.57 Å². The second-order valence-corrected chi connectivity index (χ2v) is 7.22. The molecule has 0 aliphatic rings. The first-order valence-corrected chi connectivity index (χ1v) is 9.68. The highest BCUT2D eigenvalue weighted by Gasteiger charge is 2.15. The molecule has 1 atom stereocenters. The number of hydrogen-bond donors (Lipinski definition) is 2. The molecule has 0 radical (unpaired) electrons. The minimum absolute atomic E-state index is 0.369. The molecule has 0 spiro atoms. The summed E-state index contributed by atoms with van der Waals surface area (Å²) in [4.78, 5) is 37.1. The number of aromatic nitrogens is 2. The van der Waals surface area contributed by atoms with Crippen LogP contribution in [0.1, 0.15) is 12.5 Å². The van der Waals surface area contributed by atoms with Gasteiger partial charge in [-0.3, -0.25) is 14.2 Å². The summed E-state index contributed by atoms with van der Waals surface area (Å²) in [5.41, 5.74) is 0.881. The number of benzene rings is 2. The number of carboxylic acid groups (broad SMARTS) is 1. The van der Waals surface area contributed by atoms with E-state index in [1.807, 2.05) is 7.05 Å². The standard InChI is InChI=1S/C22H25N3O5/c1-14(21(27)28)12-15-4-6-16(7-5-15)25-20(26)18-13-17(30-11-10-23-2)8-9-19(18)24(3)22(25)29/h4-9,13-14,23H,10-12H2,1-3H3,(H,27,28)/t14-/m0/s1. The zero-order valence-corrected chi connectivity index (χ0v) is 17.2. The Labute approximate surface area is 173 Å². The lowest BCUT2D eigenvalue weighted by atomic mass is 10.0. The Morgan fingerprint density at radius 1 is 1.17 bits per heavy atom. The van der Waals surface area contributed by atoms with E-state index in [4.69, 9.17) is 9.84 Å². The number of nitrogens with one attached hydrogen (secondary N) is 1. The Bertz CT molecular complexity index is 1180. The van der Waals surface area contributed by atoms with Crippen molar-refractivity contribution in [2.24, 2.45) is 13.0 Å². The molecular weight excluding hydrogens is 386 g/mol. The first-order chi connectivity index (χ1) is 14.3. The van der Waals surface area contributed by atoms with Crippen LogP contribution in [0.4, 0.5) is 0 Å². The highest BCUT2D eigenvalue weighted by molar-refractivity contribution is 5.80. The van der Waals surface area contributed by atoms with Gasteiger partial charge in [-0.2, -0.15) is 0 Å². The second-order valence-electron chi connectivity index (χ2n) is 7.22. The van der Waals surface area contributed by atoms with Crippen molar-refractivity contribution in [2.75, 3.05) is 20.2 Å². The fraction of sp³-hybridized carbons (Fsp3) is 0.318. The molecular formula is C22H25N3O5. The fourth-order valence-corrected chi connectivity index (χ4v) is 3.25. The maximum atomic E-state index is 13.1. The SMILES string of the molecule is CNCCOc1ccc2c(c1)c(=O)n(-c1ccc(C[C@H](C)C(=O)O)cc1)c(=O)n2C. The number of likely N-dealkylation sites (N-methyl/N-ethyl adjacent to an activating group) is 1. The molecule has 0 saturated carbocycles. The van der Waals surface area contributed by atoms with Gasteiger partial charge in [-0.1, -0.05) is 19.1 Å². The van der Waals surface area contributed by atoms with E-state index in [0.29, 0.717) is 41.9 Å². The molecule has 0 unspecified atom stereocenters. The van der Waals surface area contributed by atoms with Crippen LogP contribution in [0.3, 0.4) is 0 Å². The third kappa shape index (κ3) is 4.28. The smallest absolute Gasteiger partial charge is 0.335 e. The number of aryl methyl sites for hydroxylation is 1. The molecule has 1 aromatic heterocycles. The Kier molecular flexibility index (Phi) is 6.37. The summed E-state index contributed by atoms with van der Waals surface area (Å²) >= 11 is 0. The number of carboxylic acids is 1. The number of nitrogens with zero attached hydrogens (tertiary/aromatic N) is 2. The van der Waals surface area contributed by atoms with Gasteiger partial charge in [0, 0.05) is 13.6 Å². The number of aliphatic carboxylic acids is 1. The van der Waals surface area contributed by atoms with E-state index in [2.05, 4.69) is 5.32 Å². The fourth-order valence-electron chi connectivity index (χ4n) is 3.25. The lowest BCUT2D eigenvalue weighted by Gasteiger charge is -2.13. The van der Waals surface area contributed by atoms with Crippen molar-refractivity contribution in [1.29, 1.82) is 0 Å². The Morgan fingerprint density at radius 2 is 1.87 bits per heavy atom. The van der Waals surface area contributed by atoms with Gasteiger partial charge in [0.1, 0.15) is 12.4 Å². The third-order valence-electron chi connectivity index (χ3n) is 5.02. The van der Waals surface area contributed by atoms with Crippen molar-refractivity contribution in [3.05, 3.63) is 68.9 Å². The van der Waals surface area contributed by atoms with Gasteiger partial charge in [0.2, 0.25) is 0 Å². The van der Waals surface area contributed by atoms with Gasteiger partial charge < -0.3 is 15.2 Å². The quantitative estimate of drug-likeness (QED) is 0.545. The summed E-state index contributed by atoms with van der Waals surface area (Å²) < 4.78 is 8.19. The highest BCUT2D eigenvalue weighted by Crippen LogP contribution is 2.18. The first kappa shape index (κ1) is 21.3. The summed E-state index contributed by atoms with van der Waals surface area (Å²) in [5.74, 6) is -0.835. The number of fused-ring (bicyclic) bond motifs is 1. The predicted molar refractivity (Wildman–Crippen MR) is 115 cm³/mol. The highest BCUT2D eigenvalue weighted by atomic mass is 16.5. The summed E-state index contributed by atoms with van der Waals surface area (Å²) in [6.45, 7) is 2.76. The summed E-state index contributed by atoms with van der Waals surface area (Å²) in [6, 6.07) is 11.9. The molecule has 8 heteroatoms. The zero-order valence-electron chi connectivity index (χ0n) is 17.2. The molecule has 0 fully saturated rings. The van der Waals surface area contributed by atoms with Crippen molar-refractivity contribution >= 4 is 16.9 Å². The minimum Gasteiger partial charge on any atom is -0.492 e. The van der Waals surface area contributed by atoms with Gasteiger partial charge in [-0.05, 0) is 49.4 Å². The van der Waals surface area contributed by atoms with Crippen molar-refractivity contribution < 1.29 is 14.6 Å². The van der Waals surface area contributed by atoms with Crippen molar-refractivity contribution in [2.45, 2.75) is 13.3 Å². The first-order valence-electron chi connectivity index (χ1n) is 9.68. The van der Waals surface area contributed by atoms with E-state index in [1.54, 1.807) is 56.4 Å². The maximum absolute atomic E-state index is 13.1. The number of carbonyl (C=O) groups is 1. The van der Waals surface area contributed by atoms with Gasteiger partial charge in [0.15, 0.2) is 0 Å². The average molecular weight is 411 g/mol. The Balaban J connectivity index is 2.04. The Hall–Kier alpha value is -3.39. The number of ether oxygens (including phenoxy) is 1. The lowest BCUT2D eigenvalue weighted by Crippen LogP contribution is -2.37. The molecule has 0 bridgehead atoms. The van der Waals surface area contributed by atoms with Crippen LogP contribution in [0.5, 0.6) is 5.75 Å². The summed E-state index contributed by atoms with van der Waals surface area (Å²) in [6.07, 6.45) is 0.369. The van der Waals surface area contributed by atoms with Gasteiger partial charge in [0.05, 0.1) is 22.5 Å². The molecule has 2 N–H and O–H groups in total. The molecule has 0 amide bonds. The van der Waals surface area contributed by atoms with E-state index in [-0.39, 0.29) is 0 Å². The topological polar surface area (TPSA) is 103 Å². The van der Waals surface area contributed by atoms with Crippen LogP contribution in [-0.4, -0.2) is 40.4 Å². The van der Waals surface area contributed by atoms with Crippen molar-refractivity contribution in [1.82, 2.24) is 14.5 Å². The summed E-state index contributed by atoms with van der Waals surface area (Å²) in [7, 11) is 3.44. The molecule has 1 heterocycles. The predicted octanol–water partition coefficient (Wildman–Crippen LogP) is 1.55. The second kappa shape index (κ2) is 8.96. The molecule has 0 saturated heterocycles. The third-order valence-corrected chi connectivity index (χ3v) is 5.02. The summed E-state index contributed by atoms with van der Waals surface area (Å²) in [5, 5.41) is 12.4. The van der Waals surface area contributed by atoms with Crippen LogP contribution in [-0.2, 0) is 18.3 Å². The molecule has 158 valence electrons. The van der Waals surface area contributed by atoms with Crippen molar-refractivity contribution in [3.63, 3.8) is 0 Å². The lowest BCUT2D eigenvalue weighted by molar-refractivity contribution is -0.141. The van der Waals surface area contributed by atoms with E-state index in [0.717, 1.165) is 10.1 Å². The minimum atomic E-state index is -0.869. The van der Waals surface area contributed by atoms with E-state index < -0.39 is 23.1 Å². The van der Waals surface area contributed by atoms with E-state index in [9.17, 15) is 14.4 Å². The normalized spacial score (nSPS) is 12.1. The molecule has 8 nitrogen and oxygen atoms in total. The zero-order chi connectivity index (χ0) is 21.8. The van der Waals surface area contributed by atoms with Gasteiger partial charge in [0.25, 0.3) is 5.56 Å². The molecule has 0 aliphatic heterocycles. The Morgan fingerprint density at radius 3 is 2.50 bits per heavy atom. The molecule has 30 heavy (non-hydrogen) atoms. The van der Waals surface area contributed by atoms with Crippen LogP contribution in [0.15, 0.2) is 52.1 Å². The molecule has 0 aliphatic carbocycles. The molecule has 2 aromatic carbocycles.